The number of allylic oxidation sites excluding steroid dienone is 1. The molecule has 82 valence electrons. The molecule has 2 heterocycles. The predicted octanol–water partition coefficient (Wildman–Crippen LogP) is 1.54. The molecular formula is C11H12N4O. The molecule has 1 aromatic heterocycles. The van der Waals surface area contributed by atoms with E-state index in [0.717, 1.165) is 5.57 Å². The van der Waals surface area contributed by atoms with E-state index in [2.05, 4.69) is 15.1 Å². The zero-order chi connectivity index (χ0) is 11.7. The van der Waals surface area contributed by atoms with Gasteiger partial charge in [-0.15, -0.1) is 0 Å². The van der Waals surface area contributed by atoms with Gasteiger partial charge in [-0.1, -0.05) is 5.57 Å². The van der Waals surface area contributed by atoms with Gasteiger partial charge in [-0.2, -0.15) is 10.1 Å². The zero-order valence-corrected chi connectivity index (χ0v) is 9.43. The standard InChI is InChI=1S/C11H12N4O/c1-7(2)9-8(3)14-15(10(9)16)11-12-5-4-6-13-11/h4-6H,1-3H3. The van der Waals surface area contributed by atoms with E-state index >= 15 is 0 Å². The zero-order valence-electron chi connectivity index (χ0n) is 9.43. The van der Waals surface area contributed by atoms with E-state index in [9.17, 15) is 4.79 Å². The van der Waals surface area contributed by atoms with Crippen LogP contribution < -0.4 is 5.01 Å². The van der Waals surface area contributed by atoms with Gasteiger partial charge in [0.1, 0.15) is 0 Å². The summed E-state index contributed by atoms with van der Waals surface area (Å²) in [5.41, 5.74) is 2.30. The van der Waals surface area contributed by atoms with Crippen LogP contribution in [0.5, 0.6) is 0 Å². The summed E-state index contributed by atoms with van der Waals surface area (Å²) in [6.45, 7) is 5.59. The Labute approximate surface area is 93.5 Å². The summed E-state index contributed by atoms with van der Waals surface area (Å²) < 4.78 is 0. The van der Waals surface area contributed by atoms with Crippen molar-refractivity contribution in [2.45, 2.75) is 20.8 Å². The molecule has 0 spiro atoms. The van der Waals surface area contributed by atoms with Crippen LogP contribution in [0.4, 0.5) is 5.95 Å². The van der Waals surface area contributed by atoms with Crippen molar-refractivity contribution >= 4 is 17.6 Å². The number of hydrogen-bond acceptors (Lipinski definition) is 4. The molecular weight excluding hydrogens is 204 g/mol. The number of anilines is 1. The van der Waals surface area contributed by atoms with Crippen LogP contribution >= 0.6 is 0 Å². The summed E-state index contributed by atoms with van der Waals surface area (Å²) in [7, 11) is 0. The van der Waals surface area contributed by atoms with Crippen LogP contribution in [-0.2, 0) is 4.79 Å². The van der Waals surface area contributed by atoms with Crippen molar-refractivity contribution in [3.8, 4) is 0 Å². The first-order valence-corrected chi connectivity index (χ1v) is 4.96. The Hall–Kier alpha value is -2.04. The number of nitrogens with zero attached hydrogens (tertiary/aromatic N) is 4. The Morgan fingerprint density at radius 3 is 2.38 bits per heavy atom. The molecule has 1 aromatic rings. The normalized spacial score (nSPS) is 15.4. The van der Waals surface area contributed by atoms with Crippen LogP contribution in [0.3, 0.4) is 0 Å². The minimum absolute atomic E-state index is 0.163. The molecule has 0 saturated carbocycles. The number of carbonyl (C=O) groups is 1. The van der Waals surface area contributed by atoms with Gasteiger partial charge in [0, 0.05) is 12.4 Å². The number of hydrogen-bond donors (Lipinski definition) is 0. The van der Waals surface area contributed by atoms with E-state index in [4.69, 9.17) is 0 Å². The highest BCUT2D eigenvalue weighted by molar-refractivity contribution is 6.29. The van der Waals surface area contributed by atoms with Gasteiger partial charge in [0.25, 0.3) is 11.9 Å². The third-order valence-electron chi connectivity index (χ3n) is 2.26. The van der Waals surface area contributed by atoms with Crippen molar-refractivity contribution in [1.82, 2.24) is 9.97 Å². The van der Waals surface area contributed by atoms with E-state index in [1.54, 1.807) is 18.5 Å². The Kier molecular flexibility index (Phi) is 2.52. The Morgan fingerprint density at radius 1 is 1.25 bits per heavy atom. The average molecular weight is 216 g/mol. The van der Waals surface area contributed by atoms with Crippen LogP contribution in [-0.4, -0.2) is 21.6 Å². The van der Waals surface area contributed by atoms with E-state index in [1.165, 1.54) is 5.01 Å². The van der Waals surface area contributed by atoms with Crippen molar-refractivity contribution in [3.63, 3.8) is 0 Å². The predicted molar refractivity (Wildman–Crippen MR) is 61.0 cm³/mol. The topological polar surface area (TPSA) is 58.5 Å². The second kappa shape index (κ2) is 3.84. The molecule has 0 aliphatic carbocycles. The number of aromatic nitrogens is 2. The van der Waals surface area contributed by atoms with Crippen LogP contribution in [0, 0.1) is 0 Å². The average Bonchev–Trinajstić information content (AvgIpc) is 2.55. The lowest BCUT2D eigenvalue weighted by atomic mass is 10.1. The minimum Gasteiger partial charge on any atom is -0.267 e. The maximum absolute atomic E-state index is 12.0. The van der Waals surface area contributed by atoms with Gasteiger partial charge in [0.2, 0.25) is 0 Å². The molecule has 0 N–H and O–H groups in total. The molecule has 0 unspecified atom stereocenters. The van der Waals surface area contributed by atoms with Gasteiger partial charge in [0.15, 0.2) is 0 Å². The van der Waals surface area contributed by atoms with Gasteiger partial charge >= 0.3 is 0 Å². The van der Waals surface area contributed by atoms with Crippen LogP contribution in [0.25, 0.3) is 0 Å². The molecule has 1 aliphatic heterocycles. The third-order valence-corrected chi connectivity index (χ3v) is 2.26. The Balaban J connectivity index is 2.43. The van der Waals surface area contributed by atoms with E-state index in [-0.39, 0.29) is 5.91 Å². The smallest absolute Gasteiger partial charge is 0.267 e. The summed E-state index contributed by atoms with van der Waals surface area (Å²) in [5.74, 6) is 0.145. The molecule has 1 amide bonds. The molecule has 1 aliphatic rings. The second-order valence-corrected chi connectivity index (χ2v) is 3.73. The summed E-state index contributed by atoms with van der Waals surface area (Å²) in [6.07, 6.45) is 3.17. The maximum Gasteiger partial charge on any atom is 0.283 e. The Bertz CT molecular complexity index is 486. The van der Waals surface area contributed by atoms with E-state index in [1.807, 2.05) is 20.8 Å². The number of amides is 1. The lowest BCUT2D eigenvalue weighted by molar-refractivity contribution is -0.114. The summed E-state index contributed by atoms with van der Waals surface area (Å²) >= 11 is 0. The molecule has 0 fully saturated rings. The van der Waals surface area contributed by atoms with Gasteiger partial charge in [-0.3, -0.25) is 4.79 Å². The lowest BCUT2D eigenvalue weighted by Gasteiger charge is -2.08. The third kappa shape index (κ3) is 1.60. The molecule has 0 bridgehead atoms. The Morgan fingerprint density at radius 2 is 1.88 bits per heavy atom. The van der Waals surface area contributed by atoms with Crippen molar-refractivity contribution in [3.05, 3.63) is 29.6 Å². The van der Waals surface area contributed by atoms with E-state index < -0.39 is 0 Å². The molecule has 0 aromatic carbocycles. The maximum atomic E-state index is 12.0. The van der Waals surface area contributed by atoms with Gasteiger partial charge in [0.05, 0.1) is 11.3 Å². The quantitative estimate of drug-likeness (QED) is 0.669. The fraction of sp³-hybridized carbons (Fsp3) is 0.273. The van der Waals surface area contributed by atoms with Crippen molar-refractivity contribution in [1.29, 1.82) is 0 Å². The summed E-state index contributed by atoms with van der Waals surface area (Å²) in [5, 5.41) is 5.39. The molecule has 0 saturated heterocycles. The number of carbonyl (C=O) groups excluding carboxylic acids is 1. The first-order chi connectivity index (χ1) is 7.61. The van der Waals surface area contributed by atoms with Crippen molar-refractivity contribution in [2.24, 2.45) is 5.10 Å². The van der Waals surface area contributed by atoms with Crippen LogP contribution in [0.15, 0.2) is 34.7 Å². The number of hydrazone groups is 1. The first kappa shape index (κ1) is 10.5. The SMILES string of the molecule is CC1=NN(c2ncccn2)C(=O)C1=C(C)C. The summed E-state index contributed by atoms with van der Waals surface area (Å²) in [4.78, 5) is 20.0. The van der Waals surface area contributed by atoms with Crippen molar-refractivity contribution < 1.29 is 4.79 Å². The van der Waals surface area contributed by atoms with Gasteiger partial charge in [-0.05, 0) is 26.8 Å². The molecule has 2 rings (SSSR count). The molecule has 5 nitrogen and oxygen atoms in total. The summed E-state index contributed by atoms with van der Waals surface area (Å²) in [6, 6.07) is 1.70. The second-order valence-electron chi connectivity index (χ2n) is 3.73. The fourth-order valence-electron chi connectivity index (χ4n) is 1.62. The molecule has 0 atom stereocenters. The fourth-order valence-corrected chi connectivity index (χ4v) is 1.62. The van der Waals surface area contributed by atoms with Crippen molar-refractivity contribution in [2.75, 3.05) is 5.01 Å². The van der Waals surface area contributed by atoms with Gasteiger partial charge < -0.3 is 0 Å². The number of rotatable bonds is 1. The first-order valence-electron chi connectivity index (χ1n) is 4.96. The lowest BCUT2D eigenvalue weighted by Crippen LogP contribution is -2.23. The van der Waals surface area contributed by atoms with Crippen LogP contribution in [0.2, 0.25) is 0 Å². The highest BCUT2D eigenvalue weighted by Gasteiger charge is 2.30. The highest BCUT2D eigenvalue weighted by Crippen LogP contribution is 2.21. The molecule has 16 heavy (non-hydrogen) atoms. The largest absolute Gasteiger partial charge is 0.283 e. The van der Waals surface area contributed by atoms with E-state index in [0.29, 0.717) is 17.2 Å². The molecule has 0 radical (unpaired) electrons. The van der Waals surface area contributed by atoms with Crippen LogP contribution in [0.1, 0.15) is 20.8 Å². The monoisotopic (exact) mass is 216 g/mol. The highest BCUT2D eigenvalue weighted by atomic mass is 16.2. The molecule has 5 heteroatoms. The van der Waals surface area contributed by atoms with Gasteiger partial charge in [-0.25, -0.2) is 9.97 Å². The minimum atomic E-state index is -0.163.